The van der Waals surface area contributed by atoms with Gasteiger partial charge in [0.25, 0.3) is 0 Å². The summed E-state index contributed by atoms with van der Waals surface area (Å²) in [4.78, 5) is 4.79. The van der Waals surface area contributed by atoms with Crippen molar-refractivity contribution in [1.29, 1.82) is 5.26 Å². The van der Waals surface area contributed by atoms with E-state index in [-0.39, 0.29) is 0 Å². The van der Waals surface area contributed by atoms with Gasteiger partial charge >= 0.3 is 0 Å². The van der Waals surface area contributed by atoms with Crippen molar-refractivity contribution >= 4 is 11.8 Å². The van der Waals surface area contributed by atoms with Gasteiger partial charge in [-0.05, 0) is 48.8 Å². The zero-order valence-electron chi connectivity index (χ0n) is 12.9. The molecule has 0 N–H and O–H groups in total. The molecule has 1 unspecified atom stereocenters. The van der Waals surface area contributed by atoms with Gasteiger partial charge in [-0.1, -0.05) is 37.3 Å². The number of benzene rings is 1. The van der Waals surface area contributed by atoms with Crippen molar-refractivity contribution < 1.29 is 0 Å². The summed E-state index contributed by atoms with van der Waals surface area (Å²) in [5, 5.41) is 10.3. The SMILES string of the molecule is CC1CCc2nc(SCCc3ccccc3)c(C#N)cc2C1. The summed E-state index contributed by atoms with van der Waals surface area (Å²) in [6, 6.07) is 14.9. The van der Waals surface area contributed by atoms with E-state index in [0.717, 1.165) is 35.6 Å². The highest BCUT2D eigenvalue weighted by molar-refractivity contribution is 7.99. The Kier molecular flexibility index (Phi) is 4.80. The van der Waals surface area contributed by atoms with Crippen LogP contribution in [0.25, 0.3) is 0 Å². The molecule has 0 saturated heterocycles. The van der Waals surface area contributed by atoms with E-state index in [9.17, 15) is 5.26 Å². The van der Waals surface area contributed by atoms with Crippen LogP contribution >= 0.6 is 11.8 Å². The van der Waals surface area contributed by atoms with Crippen LogP contribution in [0.2, 0.25) is 0 Å². The second kappa shape index (κ2) is 6.98. The summed E-state index contributed by atoms with van der Waals surface area (Å²) >= 11 is 1.71. The Hall–Kier alpha value is -1.79. The van der Waals surface area contributed by atoms with Gasteiger partial charge in [-0.3, -0.25) is 0 Å². The number of nitriles is 1. The van der Waals surface area contributed by atoms with Crippen molar-refractivity contribution in [3.8, 4) is 6.07 Å². The smallest absolute Gasteiger partial charge is 0.114 e. The Balaban J connectivity index is 1.72. The van der Waals surface area contributed by atoms with Crippen LogP contribution in [0.3, 0.4) is 0 Å². The largest absolute Gasteiger partial charge is 0.245 e. The third kappa shape index (κ3) is 3.51. The van der Waals surface area contributed by atoms with Crippen LogP contribution in [-0.2, 0) is 19.3 Å². The average molecular weight is 308 g/mol. The van der Waals surface area contributed by atoms with Crippen LogP contribution in [0.1, 0.15) is 35.7 Å². The molecule has 22 heavy (non-hydrogen) atoms. The van der Waals surface area contributed by atoms with Crippen LogP contribution in [-0.4, -0.2) is 10.7 Å². The minimum atomic E-state index is 0.706. The standard InChI is InChI=1S/C19H20N2S/c1-14-7-8-18-16(11-14)12-17(13-20)19(21-18)22-10-9-15-5-3-2-4-6-15/h2-6,12,14H,7-11H2,1H3. The van der Waals surface area contributed by atoms with Crippen molar-refractivity contribution in [2.45, 2.75) is 37.6 Å². The lowest BCUT2D eigenvalue weighted by Crippen LogP contribution is -2.14. The Bertz CT molecular complexity index is 689. The fraction of sp³-hybridized carbons (Fsp3) is 0.368. The fourth-order valence-electron chi connectivity index (χ4n) is 2.93. The lowest BCUT2D eigenvalue weighted by molar-refractivity contribution is 0.491. The van der Waals surface area contributed by atoms with E-state index < -0.39 is 0 Å². The molecule has 3 heteroatoms. The van der Waals surface area contributed by atoms with Gasteiger partial charge in [0, 0.05) is 11.4 Å². The van der Waals surface area contributed by atoms with E-state index in [1.807, 2.05) is 6.07 Å². The lowest BCUT2D eigenvalue weighted by Gasteiger charge is -2.21. The minimum Gasteiger partial charge on any atom is -0.245 e. The molecule has 2 nitrogen and oxygen atoms in total. The predicted molar refractivity (Wildman–Crippen MR) is 91.0 cm³/mol. The molecule has 0 fully saturated rings. The van der Waals surface area contributed by atoms with Crippen LogP contribution in [0.4, 0.5) is 0 Å². The Morgan fingerprint density at radius 3 is 2.91 bits per heavy atom. The predicted octanol–water partition coefficient (Wildman–Crippen LogP) is 4.41. The monoisotopic (exact) mass is 308 g/mol. The number of thioether (sulfide) groups is 1. The quantitative estimate of drug-likeness (QED) is 0.785. The number of rotatable bonds is 4. The maximum Gasteiger partial charge on any atom is 0.114 e. The molecule has 1 aliphatic carbocycles. The summed E-state index contributed by atoms with van der Waals surface area (Å²) in [6.45, 7) is 2.28. The molecule has 0 saturated carbocycles. The average Bonchev–Trinajstić information content (AvgIpc) is 2.55. The van der Waals surface area contributed by atoms with Crippen LogP contribution in [0, 0.1) is 17.2 Å². The van der Waals surface area contributed by atoms with Gasteiger partial charge < -0.3 is 0 Å². The van der Waals surface area contributed by atoms with Gasteiger partial charge in [-0.25, -0.2) is 4.98 Å². The zero-order chi connectivity index (χ0) is 15.4. The topological polar surface area (TPSA) is 36.7 Å². The number of pyridine rings is 1. The normalized spacial score (nSPS) is 16.8. The molecule has 2 aromatic rings. The highest BCUT2D eigenvalue weighted by atomic mass is 32.2. The molecule has 3 rings (SSSR count). The minimum absolute atomic E-state index is 0.706. The molecule has 1 heterocycles. The maximum absolute atomic E-state index is 9.40. The van der Waals surface area contributed by atoms with Gasteiger partial charge in [0.15, 0.2) is 0 Å². The number of nitrogens with zero attached hydrogens (tertiary/aromatic N) is 2. The first-order valence-electron chi connectivity index (χ1n) is 7.86. The first kappa shape index (κ1) is 15.1. The molecule has 1 aliphatic rings. The Morgan fingerprint density at radius 1 is 1.32 bits per heavy atom. The number of aryl methyl sites for hydroxylation is 2. The third-order valence-corrected chi connectivity index (χ3v) is 5.18. The van der Waals surface area contributed by atoms with Gasteiger partial charge in [0.2, 0.25) is 0 Å². The molecule has 0 radical (unpaired) electrons. The van der Waals surface area contributed by atoms with E-state index in [0.29, 0.717) is 5.92 Å². The van der Waals surface area contributed by atoms with Crippen LogP contribution in [0.15, 0.2) is 41.4 Å². The van der Waals surface area contributed by atoms with Gasteiger partial charge in [-0.2, -0.15) is 5.26 Å². The van der Waals surface area contributed by atoms with E-state index >= 15 is 0 Å². The van der Waals surface area contributed by atoms with Crippen molar-refractivity contribution in [3.63, 3.8) is 0 Å². The third-order valence-electron chi connectivity index (χ3n) is 4.19. The number of hydrogen-bond acceptors (Lipinski definition) is 3. The molecule has 0 bridgehead atoms. The molecule has 1 aromatic carbocycles. The number of aromatic nitrogens is 1. The molecule has 0 amide bonds. The highest BCUT2D eigenvalue weighted by Crippen LogP contribution is 2.29. The first-order chi connectivity index (χ1) is 10.8. The van der Waals surface area contributed by atoms with Gasteiger partial charge in [-0.15, -0.1) is 11.8 Å². The van der Waals surface area contributed by atoms with Crippen molar-refractivity contribution in [2.24, 2.45) is 5.92 Å². The van der Waals surface area contributed by atoms with E-state index in [1.165, 1.54) is 23.2 Å². The number of hydrogen-bond donors (Lipinski definition) is 0. The van der Waals surface area contributed by atoms with Crippen LogP contribution in [0.5, 0.6) is 0 Å². The fourth-order valence-corrected chi connectivity index (χ4v) is 3.89. The Morgan fingerprint density at radius 2 is 2.14 bits per heavy atom. The molecular formula is C19H20N2S. The number of fused-ring (bicyclic) bond motifs is 1. The summed E-state index contributed by atoms with van der Waals surface area (Å²) in [5.41, 5.74) is 4.56. The maximum atomic E-state index is 9.40. The molecule has 1 atom stereocenters. The van der Waals surface area contributed by atoms with Gasteiger partial charge in [0.05, 0.1) is 5.56 Å². The molecular weight excluding hydrogens is 288 g/mol. The van der Waals surface area contributed by atoms with E-state index in [1.54, 1.807) is 11.8 Å². The summed E-state index contributed by atoms with van der Waals surface area (Å²) in [7, 11) is 0. The van der Waals surface area contributed by atoms with E-state index in [2.05, 4.69) is 43.3 Å². The van der Waals surface area contributed by atoms with Crippen molar-refractivity contribution in [1.82, 2.24) is 4.98 Å². The van der Waals surface area contributed by atoms with E-state index in [4.69, 9.17) is 4.98 Å². The summed E-state index contributed by atoms with van der Waals surface area (Å²) in [6.07, 6.45) is 4.33. The second-order valence-corrected chi connectivity index (χ2v) is 7.07. The molecule has 0 spiro atoms. The Labute approximate surface area is 136 Å². The zero-order valence-corrected chi connectivity index (χ0v) is 13.7. The summed E-state index contributed by atoms with van der Waals surface area (Å²) in [5.74, 6) is 1.67. The highest BCUT2D eigenvalue weighted by Gasteiger charge is 2.19. The van der Waals surface area contributed by atoms with Crippen LogP contribution < -0.4 is 0 Å². The first-order valence-corrected chi connectivity index (χ1v) is 8.84. The molecule has 0 aliphatic heterocycles. The molecule has 1 aromatic heterocycles. The van der Waals surface area contributed by atoms with Crippen molar-refractivity contribution in [2.75, 3.05) is 5.75 Å². The molecule has 112 valence electrons. The lowest BCUT2D eigenvalue weighted by atomic mass is 9.87. The van der Waals surface area contributed by atoms with Gasteiger partial charge in [0.1, 0.15) is 11.1 Å². The summed E-state index contributed by atoms with van der Waals surface area (Å²) < 4.78 is 0. The van der Waals surface area contributed by atoms with Crippen molar-refractivity contribution in [3.05, 3.63) is 58.8 Å². The second-order valence-electron chi connectivity index (χ2n) is 5.99.